The van der Waals surface area contributed by atoms with Crippen LogP contribution in [0.25, 0.3) is 0 Å². The van der Waals surface area contributed by atoms with Gasteiger partial charge in [0, 0.05) is 6.54 Å². The molecule has 3 aliphatic rings. The maximum Gasteiger partial charge on any atom is 0.190 e. The number of nitrogens with one attached hydrogen (secondary N) is 1. The third-order valence-corrected chi connectivity index (χ3v) is 3.82. The van der Waals surface area contributed by atoms with Gasteiger partial charge in [-0.3, -0.25) is 0 Å². The summed E-state index contributed by atoms with van der Waals surface area (Å²) in [5, 5.41) is 2.99. The lowest BCUT2D eigenvalue weighted by atomic mass is 9.99. The average molecular weight is 303 g/mol. The summed E-state index contributed by atoms with van der Waals surface area (Å²) in [6, 6.07) is 0. The van der Waals surface area contributed by atoms with E-state index in [1.54, 1.807) is 0 Å². The topological polar surface area (TPSA) is 58.2 Å². The van der Waals surface area contributed by atoms with Crippen LogP contribution in [-0.2, 0) is 23.7 Å². The largest absolute Gasteiger partial charge is 0.379 e. The minimum atomic E-state index is -0.678. The Kier molecular flexibility index (Phi) is 3.55. The van der Waals surface area contributed by atoms with Crippen molar-refractivity contribution in [3.63, 3.8) is 0 Å². The molecule has 0 spiro atoms. The van der Waals surface area contributed by atoms with Gasteiger partial charge in [-0.2, -0.15) is 0 Å². The summed E-state index contributed by atoms with van der Waals surface area (Å²) < 4.78 is 29.6. The van der Waals surface area contributed by atoms with Crippen LogP contribution in [0.1, 0.15) is 27.7 Å². The van der Waals surface area contributed by atoms with E-state index in [0.717, 1.165) is 0 Å². The molecular weight excluding hydrogens is 282 g/mol. The number of ether oxygens (including phenoxy) is 5. The van der Waals surface area contributed by atoms with Gasteiger partial charge >= 0.3 is 0 Å². The van der Waals surface area contributed by atoms with Crippen LogP contribution in [0.3, 0.4) is 0 Å². The molecule has 1 N–H and O–H groups in total. The lowest BCUT2D eigenvalue weighted by Gasteiger charge is -2.37. The van der Waals surface area contributed by atoms with E-state index in [9.17, 15) is 0 Å². The van der Waals surface area contributed by atoms with Gasteiger partial charge in [0.15, 0.2) is 17.9 Å². The normalized spacial score (nSPS) is 44.7. The van der Waals surface area contributed by atoms with Gasteiger partial charge in [0.25, 0.3) is 0 Å². The Labute approximate surface area is 124 Å². The molecule has 0 aromatic rings. The van der Waals surface area contributed by atoms with Crippen molar-refractivity contribution in [2.24, 2.45) is 0 Å². The van der Waals surface area contributed by atoms with Gasteiger partial charge in [-0.15, -0.1) is 0 Å². The summed E-state index contributed by atoms with van der Waals surface area (Å²) >= 11 is 4.80. The fourth-order valence-corrected chi connectivity index (χ4v) is 3.12. The first-order chi connectivity index (χ1) is 9.31. The zero-order valence-electron chi connectivity index (χ0n) is 12.1. The molecule has 114 valence electrons. The highest BCUT2D eigenvalue weighted by Crippen LogP contribution is 2.43. The molecule has 3 aliphatic heterocycles. The summed E-state index contributed by atoms with van der Waals surface area (Å²) in [7, 11) is 0. The highest BCUT2D eigenvalue weighted by atomic mass is 32.1. The first-order valence-corrected chi connectivity index (χ1v) is 7.32. The van der Waals surface area contributed by atoms with Crippen molar-refractivity contribution in [2.75, 3.05) is 6.54 Å². The zero-order chi connectivity index (χ0) is 14.5. The summed E-state index contributed by atoms with van der Waals surface area (Å²) in [4.78, 5) is 0. The second-order valence-electron chi connectivity index (χ2n) is 6.23. The molecule has 3 saturated heterocycles. The Hall–Kier alpha value is -0.310. The molecule has 3 fully saturated rings. The van der Waals surface area contributed by atoms with Crippen molar-refractivity contribution in [3.05, 3.63) is 0 Å². The third-order valence-electron chi connectivity index (χ3n) is 3.65. The molecule has 5 atom stereocenters. The van der Waals surface area contributed by atoms with Crippen molar-refractivity contribution in [2.45, 2.75) is 70.0 Å². The van der Waals surface area contributed by atoms with Crippen LogP contribution in [-0.4, -0.2) is 54.3 Å². The highest BCUT2D eigenvalue weighted by Gasteiger charge is 2.60. The number of fused-ring (bicyclic) bond motifs is 3. The van der Waals surface area contributed by atoms with Crippen LogP contribution in [0.2, 0.25) is 0 Å². The minimum absolute atomic E-state index is 0.195. The van der Waals surface area contributed by atoms with Gasteiger partial charge in [0.05, 0.1) is 5.49 Å². The van der Waals surface area contributed by atoms with Gasteiger partial charge in [0.2, 0.25) is 0 Å². The van der Waals surface area contributed by atoms with Crippen LogP contribution in [0, 0.1) is 0 Å². The molecule has 0 bridgehead atoms. The zero-order valence-corrected chi connectivity index (χ0v) is 12.9. The summed E-state index contributed by atoms with van der Waals surface area (Å²) in [5.41, 5.74) is 1.47. The molecule has 7 heteroatoms. The van der Waals surface area contributed by atoms with Crippen LogP contribution >= 0.6 is 12.2 Å². The third kappa shape index (κ3) is 2.58. The molecule has 0 radical (unpaired) electrons. The van der Waals surface area contributed by atoms with E-state index < -0.39 is 17.9 Å². The monoisotopic (exact) mass is 303 g/mol. The highest BCUT2D eigenvalue weighted by molar-refractivity contribution is 7.78. The first kappa shape index (κ1) is 14.6. The fourth-order valence-electron chi connectivity index (χ4n) is 3.02. The predicted molar refractivity (Wildman–Crippen MR) is 74.2 cm³/mol. The summed E-state index contributed by atoms with van der Waals surface area (Å²) in [6.07, 6.45) is -1.32. The van der Waals surface area contributed by atoms with E-state index in [0.29, 0.717) is 6.54 Å². The lowest BCUT2D eigenvalue weighted by molar-refractivity contribution is -0.231. The fraction of sp³-hybridized carbons (Fsp3) is 0.923. The summed E-state index contributed by atoms with van der Waals surface area (Å²) in [5.74, 6) is -1.33. The average Bonchev–Trinajstić information content (AvgIpc) is 2.80. The van der Waals surface area contributed by atoms with Crippen molar-refractivity contribution in [3.8, 4) is 0 Å². The van der Waals surface area contributed by atoms with Crippen molar-refractivity contribution < 1.29 is 23.7 Å². The number of rotatable bonds is 3. The van der Waals surface area contributed by atoms with Crippen LogP contribution < -0.4 is 5.32 Å². The molecule has 6 nitrogen and oxygen atoms in total. The second-order valence-corrected chi connectivity index (χ2v) is 6.47. The van der Waals surface area contributed by atoms with Crippen molar-refractivity contribution in [1.82, 2.24) is 5.32 Å². The van der Waals surface area contributed by atoms with Gasteiger partial charge in [-0.25, -0.2) is 0 Å². The second kappa shape index (κ2) is 4.86. The van der Waals surface area contributed by atoms with Crippen LogP contribution in [0.4, 0.5) is 0 Å². The maximum atomic E-state index is 6.00. The van der Waals surface area contributed by atoms with Gasteiger partial charge in [-0.1, -0.05) is 12.2 Å². The van der Waals surface area contributed by atoms with E-state index in [4.69, 9.17) is 35.9 Å². The smallest absolute Gasteiger partial charge is 0.190 e. The molecule has 3 heterocycles. The van der Waals surface area contributed by atoms with E-state index in [1.807, 2.05) is 27.7 Å². The first-order valence-electron chi connectivity index (χ1n) is 6.85. The maximum absolute atomic E-state index is 6.00. The Morgan fingerprint density at radius 1 is 0.950 bits per heavy atom. The Morgan fingerprint density at radius 2 is 1.55 bits per heavy atom. The number of thiocarbonyl (C=S) groups is 1. The van der Waals surface area contributed by atoms with Gasteiger partial charge < -0.3 is 29.0 Å². The minimum Gasteiger partial charge on any atom is -0.379 e. The lowest BCUT2D eigenvalue weighted by Crippen LogP contribution is -2.57. The van der Waals surface area contributed by atoms with Gasteiger partial charge in [-0.05, 0) is 27.7 Å². The molecular formula is C13H21NO5S. The van der Waals surface area contributed by atoms with Crippen molar-refractivity contribution >= 4 is 17.7 Å². The predicted octanol–water partition coefficient (Wildman–Crippen LogP) is 0.930. The molecule has 20 heavy (non-hydrogen) atoms. The molecule has 0 saturated carbocycles. The Balaban J connectivity index is 1.82. The molecule has 0 amide bonds. The van der Waals surface area contributed by atoms with Crippen LogP contribution in [0.5, 0.6) is 0 Å². The van der Waals surface area contributed by atoms with E-state index in [-0.39, 0.29) is 24.4 Å². The Morgan fingerprint density at radius 3 is 2.25 bits per heavy atom. The standard InChI is InChI=1S/C13H21NO5S/c1-12(2)16-8-7(5-14-6-20)15-11-10(9(8)17-12)18-13(3,4)19-11/h6-11H,5H2,1-4H3,(H,14,20)/t7-,8+,9+,10-,11-/m1/s1. The summed E-state index contributed by atoms with van der Waals surface area (Å²) in [6.45, 7) is 8.08. The Bertz CT molecular complexity index is 402. The molecule has 0 aromatic heterocycles. The molecule has 0 aliphatic carbocycles. The molecule has 3 rings (SSSR count). The molecule has 0 aromatic carbocycles. The quantitative estimate of drug-likeness (QED) is 0.778. The number of hydrogen-bond acceptors (Lipinski definition) is 6. The van der Waals surface area contributed by atoms with Crippen molar-refractivity contribution in [1.29, 1.82) is 0 Å². The molecule has 0 unspecified atom stereocenters. The van der Waals surface area contributed by atoms with E-state index in [2.05, 4.69) is 5.32 Å². The van der Waals surface area contributed by atoms with Gasteiger partial charge in [0.1, 0.15) is 24.4 Å². The van der Waals surface area contributed by atoms with E-state index in [1.165, 1.54) is 5.49 Å². The number of hydrogen-bond donors (Lipinski definition) is 1. The SMILES string of the molecule is CC1(C)O[C@H]2[C@@H](O1)[C@@H](CNC=S)O[C@@H]1OC(C)(C)O[C@@H]12. The van der Waals surface area contributed by atoms with E-state index >= 15 is 0 Å². The van der Waals surface area contributed by atoms with Crippen LogP contribution in [0.15, 0.2) is 0 Å².